The summed E-state index contributed by atoms with van der Waals surface area (Å²) >= 11 is 0. The van der Waals surface area contributed by atoms with Crippen LogP contribution in [-0.2, 0) is 12.8 Å². The number of hydrogen-bond donors (Lipinski definition) is 0. The zero-order valence-corrected chi connectivity index (χ0v) is 18.3. The lowest BCUT2D eigenvalue weighted by Gasteiger charge is -2.43. The van der Waals surface area contributed by atoms with E-state index in [2.05, 4.69) is 20.9 Å². The van der Waals surface area contributed by atoms with Gasteiger partial charge in [0, 0.05) is 31.8 Å². The number of nitriles is 1. The molecular formula is C24H25N5O4. The van der Waals surface area contributed by atoms with E-state index < -0.39 is 0 Å². The molecule has 0 saturated carbocycles. The van der Waals surface area contributed by atoms with Crippen LogP contribution in [0.2, 0.25) is 0 Å². The number of nitro groups is 1. The number of non-ortho nitro benzene ring substituents is 1. The third kappa shape index (κ3) is 4.16. The number of ether oxygens (including phenoxy) is 2. The maximum Gasteiger partial charge on any atom is 0.269 e. The number of piperidine rings is 1. The first-order valence-corrected chi connectivity index (χ1v) is 11.3. The zero-order valence-electron chi connectivity index (χ0n) is 18.3. The standard InChI is InChI=1S/C24H25N5O4/c25-15-26-24(27-9-2-1-3-10-27)28-11-8-18-13-22-23(33-16-32-22)14-20(18)21(28)12-17-4-6-19(7-5-17)29(30)31/h4-7,13-14,21H,1-3,8-12,16H2. The zero-order chi connectivity index (χ0) is 22.8. The molecule has 170 valence electrons. The number of fused-ring (bicyclic) bond motifs is 2. The minimum atomic E-state index is -0.388. The smallest absolute Gasteiger partial charge is 0.269 e. The van der Waals surface area contributed by atoms with Crippen molar-refractivity contribution in [1.29, 1.82) is 5.26 Å². The van der Waals surface area contributed by atoms with E-state index in [-0.39, 0.29) is 23.4 Å². The Morgan fingerprint density at radius 1 is 1.12 bits per heavy atom. The fourth-order valence-corrected chi connectivity index (χ4v) is 4.98. The van der Waals surface area contributed by atoms with Crippen LogP contribution >= 0.6 is 0 Å². The molecule has 0 amide bonds. The number of aliphatic imine (C=N–C) groups is 1. The quantitative estimate of drug-likeness (QED) is 0.232. The van der Waals surface area contributed by atoms with Crippen LogP contribution in [0.3, 0.4) is 0 Å². The second-order valence-electron chi connectivity index (χ2n) is 8.55. The average Bonchev–Trinajstić information content (AvgIpc) is 3.30. The summed E-state index contributed by atoms with van der Waals surface area (Å²) in [4.78, 5) is 19.4. The first kappa shape index (κ1) is 21.1. The lowest BCUT2D eigenvalue weighted by Crippen LogP contribution is -2.50. The number of nitrogens with zero attached hydrogens (tertiary/aromatic N) is 5. The number of nitro benzene ring substituents is 1. The Kier molecular flexibility index (Phi) is 5.73. The lowest BCUT2D eigenvalue weighted by atomic mass is 9.88. The van der Waals surface area contributed by atoms with E-state index in [9.17, 15) is 15.4 Å². The molecule has 0 aromatic heterocycles. The summed E-state index contributed by atoms with van der Waals surface area (Å²) in [5.74, 6) is 2.20. The maximum atomic E-state index is 11.1. The van der Waals surface area contributed by atoms with Gasteiger partial charge in [0.15, 0.2) is 11.5 Å². The molecule has 3 aliphatic heterocycles. The van der Waals surface area contributed by atoms with Crippen LogP contribution in [0.25, 0.3) is 0 Å². The summed E-state index contributed by atoms with van der Waals surface area (Å²) in [5, 5.41) is 20.6. The monoisotopic (exact) mass is 447 g/mol. The van der Waals surface area contributed by atoms with Crippen LogP contribution in [0.15, 0.2) is 41.4 Å². The molecule has 0 spiro atoms. The van der Waals surface area contributed by atoms with E-state index in [0.717, 1.165) is 61.5 Å². The predicted molar refractivity (Wildman–Crippen MR) is 121 cm³/mol. The Labute approximate surface area is 192 Å². The molecule has 0 radical (unpaired) electrons. The van der Waals surface area contributed by atoms with Crippen LogP contribution in [0, 0.1) is 21.6 Å². The van der Waals surface area contributed by atoms with E-state index in [4.69, 9.17) is 9.47 Å². The Balaban J connectivity index is 1.54. The molecule has 1 atom stereocenters. The van der Waals surface area contributed by atoms with E-state index in [1.165, 1.54) is 24.1 Å². The van der Waals surface area contributed by atoms with Gasteiger partial charge in [-0.05, 0) is 60.9 Å². The molecule has 0 aliphatic carbocycles. The van der Waals surface area contributed by atoms with E-state index in [1.807, 2.05) is 12.3 Å². The molecule has 1 saturated heterocycles. The summed E-state index contributed by atoms with van der Waals surface area (Å²) in [5.41, 5.74) is 3.36. The average molecular weight is 447 g/mol. The van der Waals surface area contributed by atoms with Gasteiger partial charge >= 0.3 is 0 Å². The molecule has 0 N–H and O–H groups in total. The molecule has 33 heavy (non-hydrogen) atoms. The first-order valence-electron chi connectivity index (χ1n) is 11.3. The normalized spacial score (nSPS) is 19.7. The highest BCUT2D eigenvalue weighted by molar-refractivity contribution is 5.82. The van der Waals surface area contributed by atoms with Gasteiger partial charge in [-0.25, -0.2) is 0 Å². The van der Waals surface area contributed by atoms with E-state index in [0.29, 0.717) is 12.4 Å². The maximum absolute atomic E-state index is 11.1. The van der Waals surface area contributed by atoms with Gasteiger partial charge in [0.05, 0.1) is 11.0 Å². The van der Waals surface area contributed by atoms with Gasteiger partial charge in [-0.2, -0.15) is 5.26 Å². The molecule has 9 heteroatoms. The Hall–Kier alpha value is -3.80. The Morgan fingerprint density at radius 3 is 2.55 bits per heavy atom. The van der Waals surface area contributed by atoms with Crippen LogP contribution in [-0.4, -0.2) is 47.1 Å². The largest absolute Gasteiger partial charge is 0.454 e. The van der Waals surface area contributed by atoms with Crippen LogP contribution < -0.4 is 9.47 Å². The molecule has 2 aromatic rings. The molecule has 1 fully saturated rings. The fraction of sp³-hybridized carbons (Fsp3) is 0.417. The molecule has 2 aromatic carbocycles. The SMILES string of the molecule is N#CN=C(N1CCCCC1)N1CCc2cc3c(cc2C1Cc1ccc([N+](=O)[O-])cc1)OCO3. The molecule has 1 unspecified atom stereocenters. The summed E-state index contributed by atoms with van der Waals surface area (Å²) < 4.78 is 11.2. The minimum absolute atomic E-state index is 0.0723. The van der Waals surface area contributed by atoms with Crippen LogP contribution in [0.4, 0.5) is 5.69 Å². The molecule has 3 aliphatic rings. The minimum Gasteiger partial charge on any atom is -0.454 e. The highest BCUT2D eigenvalue weighted by Gasteiger charge is 2.34. The highest BCUT2D eigenvalue weighted by atomic mass is 16.7. The van der Waals surface area contributed by atoms with Crippen molar-refractivity contribution in [1.82, 2.24) is 9.80 Å². The van der Waals surface area contributed by atoms with Crippen molar-refractivity contribution in [2.24, 2.45) is 4.99 Å². The van der Waals surface area contributed by atoms with Crippen molar-refractivity contribution in [3.8, 4) is 17.7 Å². The Morgan fingerprint density at radius 2 is 1.85 bits per heavy atom. The van der Waals surface area contributed by atoms with Crippen molar-refractivity contribution in [2.75, 3.05) is 26.4 Å². The third-order valence-electron chi connectivity index (χ3n) is 6.61. The van der Waals surface area contributed by atoms with Gasteiger partial charge in [-0.1, -0.05) is 12.1 Å². The van der Waals surface area contributed by atoms with E-state index in [1.54, 1.807) is 12.1 Å². The highest BCUT2D eigenvalue weighted by Crippen LogP contribution is 2.42. The molecule has 3 heterocycles. The second kappa shape index (κ2) is 8.98. The summed E-state index contributed by atoms with van der Waals surface area (Å²) in [6.45, 7) is 2.70. The Bertz CT molecular complexity index is 1120. The molecule has 5 rings (SSSR count). The lowest BCUT2D eigenvalue weighted by molar-refractivity contribution is -0.384. The summed E-state index contributed by atoms with van der Waals surface area (Å²) in [6.07, 6.45) is 6.81. The predicted octanol–water partition coefficient (Wildman–Crippen LogP) is 3.79. The van der Waals surface area contributed by atoms with Gasteiger partial charge in [-0.15, -0.1) is 4.99 Å². The van der Waals surface area contributed by atoms with Gasteiger partial charge in [0.2, 0.25) is 18.9 Å². The number of hydrogen-bond acceptors (Lipinski definition) is 6. The van der Waals surface area contributed by atoms with Crippen molar-refractivity contribution in [3.63, 3.8) is 0 Å². The number of guanidine groups is 1. The second-order valence-corrected chi connectivity index (χ2v) is 8.55. The van der Waals surface area contributed by atoms with Crippen LogP contribution in [0.5, 0.6) is 11.5 Å². The van der Waals surface area contributed by atoms with Crippen molar-refractivity contribution >= 4 is 11.6 Å². The van der Waals surface area contributed by atoms with Gasteiger partial charge in [0.1, 0.15) is 0 Å². The number of benzene rings is 2. The molecule has 0 bridgehead atoms. The van der Waals surface area contributed by atoms with Crippen molar-refractivity contribution in [3.05, 3.63) is 63.2 Å². The van der Waals surface area contributed by atoms with Crippen LogP contribution in [0.1, 0.15) is 42.0 Å². The van der Waals surface area contributed by atoms with Gasteiger partial charge in [-0.3, -0.25) is 10.1 Å². The molecular weight excluding hydrogens is 422 g/mol. The molecule has 9 nitrogen and oxygen atoms in total. The number of rotatable bonds is 3. The summed E-state index contributed by atoms with van der Waals surface area (Å²) in [6, 6.07) is 10.7. The van der Waals surface area contributed by atoms with Gasteiger partial charge < -0.3 is 19.3 Å². The number of likely N-dealkylation sites (tertiary alicyclic amines) is 1. The third-order valence-corrected chi connectivity index (χ3v) is 6.61. The van der Waals surface area contributed by atoms with E-state index >= 15 is 0 Å². The van der Waals surface area contributed by atoms with Crippen molar-refractivity contribution < 1.29 is 14.4 Å². The first-order chi connectivity index (χ1) is 16.1. The topological polar surface area (TPSA) is 104 Å². The van der Waals surface area contributed by atoms with Gasteiger partial charge in [0.25, 0.3) is 5.69 Å². The fourth-order valence-electron chi connectivity index (χ4n) is 4.98. The van der Waals surface area contributed by atoms with Crippen molar-refractivity contribution in [2.45, 2.75) is 38.1 Å². The summed E-state index contributed by atoms with van der Waals surface area (Å²) in [7, 11) is 0.